The van der Waals surface area contributed by atoms with Gasteiger partial charge in [-0.1, -0.05) is 23.7 Å². The first-order valence-electron chi connectivity index (χ1n) is 11.6. The summed E-state index contributed by atoms with van der Waals surface area (Å²) in [4.78, 5) is 29.5. The summed E-state index contributed by atoms with van der Waals surface area (Å²) >= 11 is 6.48. The van der Waals surface area contributed by atoms with Crippen LogP contribution in [0.3, 0.4) is 0 Å². The Morgan fingerprint density at radius 1 is 1.26 bits per heavy atom. The minimum atomic E-state index is -4.54. The molecular formula is C24H23Cl2F3N6O4. The predicted octanol–water partition coefficient (Wildman–Crippen LogP) is 4.00. The number of aliphatic hydroxyl groups excluding tert-OH is 2. The zero-order chi connectivity index (χ0) is 27.0. The fourth-order valence-electron chi connectivity index (χ4n) is 4.40. The lowest BCUT2D eigenvalue weighted by Crippen LogP contribution is -2.48. The molecule has 0 spiro atoms. The van der Waals surface area contributed by atoms with Crippen LogP contribution in [0.2, 0.25) is 5.02 Å². The monoisotopic (exact) mass is 586 g/mol. The lowest BCUT2D eigenvalue weighted by molar-refractivity contribution is -0.137. The molecule has 3 aromatic rings. The number of halogens is 5. The number of amides is 2. The van der Waals surface area contributed by atoms with Gasteiger partial charge in [0, 0.05) is 24.8 Å². The second-order valence-electron chi connectivity index (χ2n) is 8.80. The van der Waals surface area contributed by atoms with E-state index in [2.05, 4.69) is 20.3 Å². The number of alkyl halides is 3. The zero-order valence-corrected chi connectivity index (χ0v) is 21.7. The summed E-state index contributed by atoms with van der Waals surface area (Å²) in [6.45, 7) is 0.455. The average Bonchev–Trinajstić information content (AvgIpc) is 3.31. The minimum absolute atomic E-state index is 0. The molecule has 2 aliphatic rings. The first-order valence-corrected chi connectivity index (χ1v) is 12.0. The van der Waals surface area contributed by atoms with Crippen LogP contribution in [0.5, 0.6) is 6.01 Å². The number of fused-ring (bicyclic) bond motifs is 4. The predicted molar refractivity (Wildman–Crippen MR) is 140 cm³/mol. The second kappa shape index (κ2) is 11.4. The smallest absolute Gasteiger partial charge is 0.416 e. The number of aromatic nitrogens is 3. The molecule has 1 saturated heterocycles. The molecule has 0 radical (unpaired) electrons. The second-order valence-corrected chi connectivity index (χ2v) is 9.21. The number of benzene rings is 1. The molecule has 2 bridgehead atoms. The van der Waals surface area contributed by atoms with Crippen LogP contribution in [-0.2, 0) is 6.18 Å². The quantitative estimate of drug-likeness (QED) is 0.396. The van der Waals surface area contributed by atoms with Crippen molar-refractivity contribution in [3.05, 3.63) is 53.2 Å². The highest BCUT2D eigenvalue weighted by Gasteiger charge is 2.41. The first kappa shape index (κ1) is 28.6. The molecule has 39 heavy (non-hydrogen) atoms. The summed E-state index contributed by atoms with van der Waals surface area (Å²) in [6, 6.07) is 6.86. The number of aliphatic hydroxyl groups is 2. The Balaban J connectivity index is 0.00000353. The number of pyridine rings is 1. The highest BCUT2D eigenvalue weighted by atomic mass is 35.5. The molecule has 10 nitrogen and oxygen atoms in total. The number of anilines is 3. The van der Waals surface area contributed by atoms with Crippen LogP contribution in [-0.4, -0.2) is 69.6 Å². The van der Waals surface area contributed by atoms with E-state index in [1.54, 1.807) is 6.07 Å². The fourth-order valence-corrected chi connectivity index (χ4v) is 4.66. The summed E-state index contributed by atoms with van der Waals surface area (Å²) in [5.74, 6) is 0.386. The van der Waals surface area contributed by atoms with Crippen LogP contribution in [0.25, 0.3) is 11.3 Å². The van der Waals surface area contributed by atoms with Gasteiger partial charge in [0.2, 0.25) is 0 Å². The van der Waals surface area contributed by atoms with Gasteiger partial charge in [0.05, 0.1) is 34.6 Å². The third kappa shape index (κ3) is 5.96. The van der Waals surface area contributed by atoms with E-state index in [1.165, 1.54) is 29.3 Å². The third-order valence-corrected chi connectivity index (χ3v) is 6.49. The number of hydrogen-bond acceptors (Lipinski definition) is 8. The lowest BCUT2D eigenvalue weighted by Gasteiger charge is -2.36. The van der Waals surface area contributed by atoms with Gasteiger partial charge in [-0.3, -0.25) is 10.2 Å². The van der Waals surface area contributed by atoms with E-state index in [9.17, 15) is 23.1 Å². The van der Waals surface area contributed by atoms with E-state index in [-0.39, 0.29) is 59.0 Å². The van der Waals surface area contributed by atoms with Gasteiger partial charge >= 0.3 is 18.2 Å². The molecule has 0 saturated carbocycles. The molecule has 2 amide bonds. The molecule has 3 N–H and O–H groups in total. The maximum Gasteiger partial charge on any atom is 0.416 e. The van der Waals surface area contributed by atoms with Crippen molar-refractivity contribution in [1.82, 2.24) is 15.0 Å². The molecule has 2 aliphatic heterocycles. The summed E-state index contributed by atoms with van der Waals surface area (Å²) < 4.78 is 45.2. The molecule has 0 unspecified atom stereocenters. The molecule has 15 heteroatoms. The molecule has 5 rings (SSSR count). The summed E-state index contributed by atoms with van der Waals surface area (Å²) in [5, 5.41) is 21.2. The van der Waals surface area contributed by atoms with Gasteiger partial charge in [-0.2, -0.15) is 18.2 Å². The van der Waals surface area contributed by atoms with E-state index in [0.717, 1.165) is 12.1 Å². The van der Waals surface area contributed by atoms with Crippen molar-refractivity contribution in [2.24, 2.45) is 0 Å². The van der Waals surface area contributed by atoms with Gasteiger partial charge in [-0.15, -0.1) is 12.4 Å². The number of carbonyl (C=O) groups is 1. The normalized spacial score (nSPS) is 16.8. The Labute approximate surface area is 231 Å². The highest BCUT2D eigenvalue weighted by molar-refractivity contribution is 6.33. The van der Waals surface area contributed by atoms with Gasteiger partial charge in [-0.25, -0.2) is 14.8 Å². The fraction of sp³-hybridized carbons (Fsp3) is 0.333. The van der Waals surface area contributed by atoms with Crippen LogP contribution in [0.1, 0.15) is 12.0 Å². The maximum absolute atomic E-state index is 13.5. The van der Waals surface area contributed by atoms with Gasteiger partial charge in [0.15, 0.2) is 5.82 Å². The van der Waals surface area contributed by atoms with Crippen molar-refractivity contribution in [1.29, 1.82) is 0 Å². The number of nitrogens with one attached hydrogen (secondary N) is 1. The van der Waals surface area contributed by atoms with Crippen molar-refractivity contribution in [3.8, 4) is 17.3 Å². The Bertz CT molecular complexity index is 1370. The first-order chi connectivity index (χ1) is 18.1. The van der Waals surface area contributed by atoms with E-state index in [1.807, 2.05) is 4.90 Å². The molecule has 0 aliphatic carbocycles. The lowest BCUT2D eigenvalue weighted by atomic mass is 10.1. The van der Waals surface area contributed by atoms with Crippen molar-refractivity contribution in [2.75, 3.05) is 41.4 Å². The van der Waals surface area contributed by atoms with E-state index in [0.29, 0.717) is 25.2 Å². The van der Waals surface area contributed by atoms with E-state index >= 15 is 0 Å². The van der Waals surface area contributed by atoms with Crippen molar-refractivity contribution < 1.29 is 32.9 Å². The number of carbonyl (C=O) groups excluding carboxylic acids is 1. The summed E-state index contributed by atoms with van der Waals surface area (Å²) in [5.41, 5.74) is 0.0529. The average molecular weight is 587 g/mol. The molecule has 208 valence electrons. The maximum atomic E-state index is 13.5. The van der Waals surface area contributed by atoms with Crippen LogP contribution in [0, 0.1) is 0 Å². The zero-order valence-electron chi connectivity index (χ0n) is 20.1. The number of urea groups is 1. The molecule has 1 fully saturated rings. The van der Waals surface area contributed by atoms with Crippen LogP contribution >= 0.6 is 24.0 Å². The number of nitrogens with zero attached hydrogens (tertiary/aromatic N) is 5. The van der Waals surface area contributed by atoms with Crippen molar-refractivity contribution >= 4 is 47.4 Å². The Kier molecular flexibility index (Phi) is 8.35. The Hall–Kier alpha value is -3.39. The topological polar surface area (TPSA) is 124 Å². The molecule has 2 aromatic heterocycles. The SMILES string of the molecule is Cl.O=C(Nc1ccnc(OC[C@H](O)CO)n1)N1c2nc(-c3cccc(C(F)(F)F)c3)c(Cl)cc2N2CC[C@H]1C2. The van der Waals surface area contributed by atoms with E-state index in [4.69, 9.17) is 21.4 Å². The highest BCUT2D eigenvalue weighted by Crippen LogP contribution is 2.43. The molecule has 1 aromatic carbocycles. The van der Waals surface area contributed by atoms with Gasteiger partial charge in [-0.05, 0) is 30.7 Å². The van der Waals surface area contributed by atoms with Gasteiger partial charge in [0.25, 0.3) is 0 Å². The Morgan fingerprint density at radius 2 is 2.05 bits per heavy atom. The Morgan fingerprint density at radius 3 is 2.79 bits per heavy atom. The summed E-state index contributed by atoms with van der Waals surface area (Å²) in [6.07, 6.45) is -3.65. The van der Waals surface area contributed by atoms with Crippen LogP contribution in [0.15, 0.2) is 42.6 Å². The number of rotatable bonds is 6. The van der Waals surface area contributed by atoms with Crippen LogP contribution in [0.4, 0.5) is 35.3 Å². The van der Waals surface area contributed by atoms with Gasteiger partial charge < -0.3 is 19.8 Å². The van der Waals surface area contributed by atoms with Crippen molar-refractivity contribution in [2.45, 2.75) is 24.7 Å². The third-order valence-electron chi connectivity index (χ3n) is 6.20. The molecular weight excluding hydrogens is 564 g/mol. The summed E-state index contributed by atoms with van der Waals surface area (Å²) in [7, 11) is 0. The van der Waals surface area contributed by atoms with Crippen molar-refractivity contribution in [3.63, 3.8) is 0 Å². The number of ether oxygens (including phenoxy) is 1. The largest absolute Gasteiger partial charge is 0.461 e. The van der Waals surface area contributed by atoms with Gasteiger partial charge in [0.1, 0.15) is 18.5 Å². The molecule has 2 atom stereocenters. The number of hydrogen-bond donors (Lipinski definition) is 3. The van der Waals surface area contributed by atoms with E-state index < -0.39 is 30.5 Å². The van der Waals surface area contributed by atoms with Crippen LogP contribution < -0.4 is 19.9 Å². The standard InChI is InChI=1S/C24H22ClF3N6O4.ClH/c25-17-9-18-21(32-20(17)13-2-1-3-14(8-13)24(26,27)28)34(15-5-7-33(18)10-15)23(37)31-19-4-6-29-22(30-19)38-12-16(36)11-35;/h1-4,6,8-9,15-16,35-36H,5,7,10-12H2,(H,29,30,31,37);1H/t15-,16+;/m0./s1. The minimum Gasteiger partial charge on any atom is -0.461 e. The molecule has 4 heterocycles.